The molecule has 0 saturated heterocycles. The predicted octanol–water partition coefficient (Wildman–Crippen LogP) is 3.00. The molecule has 0 heterocycles. The van der Waals surface area contributed by atoms with Gasteiger partial charge in [0.05, 0.1) is 31.5 Å². The summed E-state index contributed by atoms with van der Waals surface area (Å²) < 4.78 is 11.4. The van der Waals surface area contributed by atoms with E-state index in [2.05, 4.69) is 31.2 Å². The standard InChI is InChI=1S/C16H25NO2/c1-11(2)18-8-9-19-15-10-12(3)13-6-4-5-7-14(13)16(15)17/h4-7,11-12,15-16H,8-10,17H2,1-3H3. The third-order valence-corrected chi connectivity index (χ3v) is 3.74. The van der Waals surface area contributed by atoms with Crippen LogP contribution < -0.4 is 5.73 Å². The summed E-state index contributed by atoms with van der Waals surface area (Å²) in [6, 6.07) is 8.41. The molecule has 1 aliphatic rings. The van der Waals surface area contributed by atoms with Crippen molar-refractivity contribution in [1.29, 1.82) is 0 Å². The van der Waals surface area contributed by atoms with Gasteiger partial charge in [0.1, 0.15) is 0 Å². The number of rotatable bonds is 5. The lowest BCUT2D eigenvalue weighted by Gasteiger charge is -2.34. The fourth-order valence-corrected chi connectivity index (χ4v) is 2.74. The molecule has 0 aliphatic heterocycles. The molecule has 3 atom stereocenters. The molecule has 0 radical (unpaired) electrons. The van der Waals surface area contributed by atoms with Crippen LogP contribution in [-0.2, 0) is 9.47 Å². The molecule has 3 heteroatoms. The van der Waals surface area contributed by atoms with Crippen molar-refractivity contribution in [2.75, 3.05) is 13.2 Å². The average molecular weight is 263 g/mol. The van der Waals surface area contributed by atoms with E-state index in [1.165, 1.54) is 11.1 Å². The van der Waals surface area contributed by atoms with Gasteiger partial charge < -0.3 is 15.2 Å². The topological polar surface area (TPSA) is 44.5 Å². The first-order valence-electron chi connectivity index (χ1n) is 7.17. The Hall–Kier alpha value is -0.900. The number of fused-ring (bicyclic) bond motifs is 1. The normalized spacial score (nSPS) is 26.5. The van der Waals surface area contributed by atoms with Crippen LogP contribution in [0.4, 0.5) is 0 Å². The Balaban J connectivity index is 1.94. The molecule has 1 aliphatic carbocycles. The van der Waals surface area contributed by atoms with Gasteiger partial charge in [0.15, 0.2) is 0 Å². The molecule has 0 spiro atoms. The minimum absolute atomic E-state index is 0.0218. The lowest BCUT2D eigenvalue weighted by molar-refractivity contribution is -0.0286. The summed E-state index contributed by atoms with van der Waals surface area (Å²) in [4.78, 5) is 0. The van der Waals surface area contributed by atoms with Crippen molar-refractivity contribution in [3.8, 4) is 0 Å². The van der Waals surface area contributed by atoms with Crippen molar-refractivity contribution in [1.82, 2.24) is 0 Å². The first-order valence-corrected chi connectivity index (χ1v) is 7.17. The van der Waals surface area contributed by atoms with Crippen molar-refractivity contribution >= 4 is 0 Å². The number of benzene rings is 1. The molecular weight excluding hydrogens is 238 g/mol. The van der Waals surface area contributed by atoms with E-state index < -0.39 is 0 Å². The first-order chi connectivity index (χ1) is 9.09. The lowest BCUT2D eigenvalue weighted by Crippen LogP contribution is -2.35. The molecule has 0 saturated carbocycles. The summed E-state index contributed by atoms with van der Waals surface area (Å²) in [5.74, 6) is 0.506. The quantitative estimate of drug-likeness (QED) is 0.831. The predicted molar refractivity (Wildman–Crippen MR) is 77.2 cm³/mol. The van der Waals surface area contributed by atoms with E-state index in [1.807, 2.05) is 13.8 Å². The molecule has 1 aromatic rings. The van der Waals surface area contributed by atoms with Gasteiger partial charge in [0, 0.05) is 0 Å². The van der Waals surface area contributed by atoms with Crippen molar-refractivity contribution in [2.45, 2.75) is 51.4 Å². The smallest absolute Gasteiger partial charge is 0.0774 e. The maximum absolute atomic E-state index is 6.33. The summed E-state index contributed by atoms with van der Waals surface area (Å²) in [5, 5.41) is 0. The largest absolute Gasteiger partial charge is 0.376 e. The van der Waals surface area contributed by atoms with E-state index in [-0.39, 0.29) is 18.2 Å². The lowest BCUT2D eigenvalue weighted by atomic mass is 9.79. The number of hydrogen-bond donors (Lipinski definition) is 1. The molecule has 0 bridgehead atoms. The summed E-state index contributed by atoms with van der Waals surface area (Å²) in [6.07, 6.45) is 1.34. The van der Waals surface area contributed by atoms with Gasteiger partial charge >= 0.3 is 0 Å². The van der Waals surface area contributed by atoms with Crippen LogP contribution in [0.1, 0.15) is 50.3 Å². The van der Waals surface area contributed by atoms with Crippen LogP contribution in [-0.4, -0.2) is 25.4 Å². The van der Waals surface area contributed by atoms with Gasteiger partial charge in [0.2, 0.25) is 0 Å². The Morgan fingerprint density at radius 3 is 2.58 bits per heavy atom. The van der Waals surface area contributed by atoms with E-state index in [4.69, 9.17) is 15.2 Å². The zero-order chi connectivity index (χ0) is 13.8. The second-order valence-electron chi connectivity index (χ2n) is 5.62. The van der Waals surface area contributed by atoms with Crippen molar-refractivity contribution < 1.29 is 9.47 Å². The van der Waals surface area contributed by atoms with Crippen LogP contribution in [0.15, 0.2) is 24.3 Å². The first kappa shape index (κ1) is 14.5. The molecule has 2 N–H and O–H groups in total. The molecule has 0 fully saturated rings. The fraction of sp³-hybridized carbons (Fsp3) is 0.625. The summed E-state index contributed by atoms with van der Waals surface area (Å²) in [5.41, 5.74) is 8.93. The van der Waals surface area contributed by atoms with Gasteiger partial charge in [-0.2, -0.15) is 0 Å². The third kappa shape index (κ3) is 3.56. The van der Waals surface area contributed by atoms with Crippen LogP contribution in [0.5, 0.6) is 0 Å². The summed E-state index contributed by atoms with van der Waals surface area (Å²) >= 11 is 0. The highest BCUT2D eigenvalue weighted by molar-refractivity contribution is 5.35. The third-order valence-electron chi connectivity index (χ3n) is 3.74. The zero-order valence-corrected chi connectivity index (χ0v) is 12.1. The highest BCUT2D eigenvalue weighted by Gasteiger charge is 2.31. The van der Waals surface area contributed by atoms with Gasteiger partial charge in [-0.05, 0) is 37.3 Å². The number of hydrogen-bond acceptors (Lipinski definition) is 3. The van der Waals surface area contributed by atoms with Crippen LogP contribution in [0, 0.1) is 0 Å². The highest BCUT2D eigenvalue weighted by Crippen LogP contribution is 2.37. The number of nitrogens with two attached hydrogens (primary N) is 1. The second-order valence-corrected chi connectivity index (χ2v) is 5.62. The molecule has 2 rings (SSSR count). The molecule has 3 nitrogen and oxygen atoms in total. The van der Waals surface area contributed by atoms with E-state index in [0.29, 0.717) is 19.1 Å². The molecule has 106 valence electrons. The Morgan fingerprint density at radius 1 is 1.21 bits per heavy atom. The minimum Gasteiger partial charge on any atom is -0.376 e. The molecular formula is C16H25NO2. The van der Waals surface area contributed by atoms with Crippen LogP contribution >= 0.6 is 0 Å². The maximum atomic E-state index is 6.33. The van der Waals surface area contributed by atoms with Crippen LogP contribution in [0.25, 0.3) is 0 Å². The van der Waals surface area contributed by atoms with Gasteiger partial charge in [-0.25, -0.2) is 0 Å². The average Bonchev–Trinajstić information content (AvgIpc) is 2.40. The van der Waals surface area contributed by atoms with E-state index in [9.17, 15) is 0 Å². The highest BCUT2D eigenvalue weighted by atomic mass is 16.5. The second kappa shape index (κ2) is 6.51. The van der Waals surface area contributed by atoms with Crippen LogP contribution in [0.3, 0.4) is 0 Å². The monoisotopic (exact) mass is 263 g/mol. The van der Waals surface area contributed by atoms with E-state index in [1.54, 1.807) is 0 Å². The Bertz CT molecular complexity index is 405. The Labute approximate surface area is 116 Å². The molecule has 0 aromatic heterocycles. The Morgan fingerprint density at radius 2 is 1.89 bits per heavy atom. The molecule has 19 heavy (non-hydrogen) atoms. The van der Waals surface area contributed by atoms with Gasteiger partial charge in [0.25, 0.3) is 0 Å². The number of ether oxygens (including phenoxy) is 2. The maximum Gasteiger partial charge on any atom is 0.0774 e. The molecule has 3 unspecified atom stereocenters. The van der Waals surface area contributed by atoms with Crippen LogP contribution in [0.2, 0.25) is 0 Å². The van der Waals surface area contributed by atoms with E-state index >= 15 is 0 Å². The van der Waals surface area contributed by atoms with Gasteiger partial charge in [-0.15, -0.1) is 0 Å². The SMILES string of the molecule is CC(C)OCCOC1CC(C)c2ccccc2C1N. The van der Waals surface area contributed by atoms with Crippen molar-refractivity contribution in [3.05, 3.63) is 35.4 Å². The van der Waals surface area contributed by atoms with Gasteiger partial charge in [-0.1, -0.05) is 31.2 Å². The fourth-order valence-electron chi connectivity index (χ4n) is 2.74. The van der Waals surface area contributed by atoms with Crippen molar-refractivity contribution in [2.24, 2.45) is 5.73 Å². The van der Waals surface area contributed by atoms with E-state index in [0.717, 1.165) is 6.42 Å². The molecule has 0 amide bonds. The summed E-state index contributed by atoms with van der Waals surface area (Å²) in [7, 11) is 0. The van der Waals surface area contributed by atoms with Crippen molar-refractivity contribution in [3.63, 3.8) is 0 Å². The summed E-state index contributed by atoms with van der Waals surface area (Å²) in [6.45, 7) is 7.56. The Kier molecular flexibility index (Phi) is 4.97. The molecule has 1 aromatic carbocycles. The van der Waals surface area contributed by atoms with Gasteiger partial charge in [-0.3, -0.25) is 0 Å². The minimum atomic E-state index is -0.0218. The zero-order valence-electron chi connectivity index (χ0n) is 12.1.